The molecule has 2 aliphatic heterocycles. The number of carbonyl (C=O) groups excluding carboxylic acids is 1. The number of benzene rings is 1. The Labute approximate surface area is 177 Å². The maximum Gasteiger partial charge on any atom is 0.251 e. The number of nitrogens with one attached hydrogen (secondary N) is 2. The molecule has 1 atom stereocenters. The first-order valence-electron chi connectivity index (χ1n) is 9.83. The summed E-state index contributed by atoms with van der Waals surface area (Å²) in [4.78, 5) is 12.3. The average Bonchev–Trinajstić information content (AvgIpc) is 3.27. The number of amides is 1. The Morgan fingerprint density at radius 2 is 1.90 bits per heavy atom. The van der Waals surface area contributed by atoms with Gasteiger partial charge in [-0.3, -0.25) is 4.79 Å². The van der Waals surface area contributed by atoms with E-state index in [0.717, 1.165) is 12.8 Å². The fourth-order valence-corrected chi connectivity index (χ4v) is 5.68. The number of hydrogen-bond donors (Lipinski definition) is 2. The van der Waals surface area contributed by atoms with Gasteiger partial charge in [-0.25, -0.2) is 21.6 Å². The van der Waals surface area contributed by atoms with E-state index in [1.807, 2.05) is 0 Å². The van der Waals surface area contributed by atoms with Gasteiger partial charge in [0.15, 0.2) is 0 Å². The van der Waals surface area contributed by atoms with E-state index in [9.17, 15) is 21.6 Å². The maximum absolute atomic E-state index is 12.5. The lowest BCUT2D eigenvalue weighted by molar-refractivity contribution is 0.0730. The Hall–Kier alpha value is -1.57. The molecule has 2 N–H and O–H groups in total. The Morgan fingerprint density at radius 1 is 1.13 bits per heavy atom. The summed E-state index contributed by atoms with van der Waals surface area (Å²) in [7, 11) is -7.27. The van der Waals surface area contributed by atoms with Crippen molar-refractivity contribution in [3.8, 4) is 0 Å². The maximum atomic E-state index is 12.5. The van der Waals surface area contributed by atoms with E-state index >= 15 is 0 Å². The molecule has 0 spiro atoms. The number of rotatable bonds is 9. The molecule has 0 aliphatic carbocycles. The summed E-state index contributed by atoms with van der Waals surface area (Å²) >= 11 is 0. The normalized spacial score (nSPS) is 20.9. The van der Waals surface area contributed by atoms with E-state index in [4.69, 9.17) is 9.47 Å². The molecule has 0 radical (unpaired) electrons. The van der Waals surface area contributed by atoms with Crippen molar-refractivity contribution in [3.63, 3.8) is 0 Å². The van der Waals surface area contributed by atoms with Gasteiger partial charge in [-0.15, -0.1) is 0 Å². The molecule has 0 saturated carbocycles. The SMILES string of the molecule is O=C(NCCS(=O)(=O)N1CCOCC1)c1cccc(S(=O)(=O)NCC2CCCO2)c1. The quantitative estimate of drug-likeness (QED) is 0.509. The van der Waals surface area contributed by atoms with Crippen LogP contribution < -0.4 is 10.0 Å². The molecule has 1 amide bonds. The van der Waals surface area contributed by atoms with Gasteiger partial charge < -0.3 is 14.8 Å². The van der Waals surface area contributed by atoms with Crippen LogP contribution in [-0.4, -0.2) is 84.9 Å². The van der Waals surface area contributed by atoms with Gasteiger partial charge in [-0.05, 0) is 31.0 Å². The van der Waals surface area contributed by atoms with Crippen LogP contribution in [-0.2, 0) is 29.5 Å². The molecule has 30 heavy (non-hydrogen) atoms. The summed E-state index contributed by atoms with van der Waals surface area (Å²) < 4.78 is 64.0. The second-order valence-electron chi connectivity index (χ2n) is 7.10. The fourth-order valence-electron chi connectivity index (χ4n) is 3.25. The fraction of sp³-hybridized carbons (Fsp3) is 0.611. The molecule has 2 saturated heterocycles. The van der Waals surface area contributed by atoms with Crippen molar-refractivity contribution in [2.24, 2.45) is 0 Å². The standard InChI is InChI=1S/C18H27N3O7S2/c22-18(19-6-12-29(23,24)21-7-10-27-11-8-21)15-3-1-5-17(13-15)30(25,26)20-14-16-4-2-9-28-16/h1,3,5,13,16,20H,2,4,6-12,14H2,(H,19,22). The van der Waals surface area contributed by atoms with Gasteiger partial charge in [0.25, 0.3) is 5.91 Å². The van der Waals surface area contributed by atoms with E-state index in [2.05, 4.69) is 10.0 Å². The van der Waals surface area contributed by atoms with Gasteiger partial charge in [0, 0.05) is 38.3 Å². The van der Waals surface area contributed by atoms with Gasteiger partial charge >= 0.3 is 0 Å². The molecular formula is C18H27N3O7S2. The van der Waals surface area contributed by atoms with Crippen molar-refractivity contribution in [1.29, 1.82) is 0 Å². The van der Waals surface area contributed by atoms with Crippen LogP contribution in [0.3, 0.4) is 0 Å². The molecule has 168 valence electrons. The highest BCUT2D eigenvalue weighted by Crippen LogP contribution is 2.14. The predicted molar refractivity (Wildman–Crippen MR) is 109 cm³/mol. The van der Waals surface area contributed by atoms with Crippen LogP contribution in [0, 0.1) is 0 Å². The van der Waals surface area contributed by atoms with E-state index in [1.165, 1.54) is 28.6 Å². The minimum absolute atomic E-state index is 0.0333. The first kappa shape index (κ1) is 23.1. The van der Waals surface area contributed by atoms with Crippen molar-refractivity contribution in [2.45, 2.75) is 23.8 Å². The Balaban J connectivity index is 1.54. The molecule has 1 unspecified atom stereocenters. The zero-order chi connectivity index (χ0) is 21.6. The zero-order valence-corrected chi connectivity index (χ0v) is 18.2. The van der Waals surface area contributed by atoms with E-state index in [-0.39, 0.29) is 35.4 Å². The lowest BCUT2D eigenvalue weighted by Crippen LogP contribution is -2.43. The highest BCUT2D eigenvalue weighted by molar-refractivity contribution is 7.89. The lowest BCUT2D eigenvalue weighted by atomic mass is 10.2. The first-order valence-corrected chi connectivity index (χ1v) is 12.9. The topological polar surface area (TPSA) is 131 Å². The lowest BCUT2D eigenvalue weighted by Gasteiger charge is -2.26. The largest absolute Gasteiger partial charge is 0.379 e. The number of sulfonamides is 2. The summed E-state index contributed by atoms with van der Waals surface area (Å²) in [5.74, 6) is -0.775. The van der Waals surface area contributed by atoms with Crippen LogP contribution in [0.2, 0.25) is 0 Å². The third-order valence-electron chi connectivity index (χ3n) is 4.94. The van der Waals surface area contributed by atoms with Gasteiger partial charge in [0.2, 0.25) is 20.0 Å². The van der Waals surface area contributed by atoms with E-state index < -0.39 is 26.0 Å². The zero-order valence-electron chi connectivity index (χ0n) is 16.6. The minimum Gasteiger partial charge on any atom is -0.379 e. The smallest absolute Gasteiger partial charge is 0.251 e. The summed E-state index contributed by atoms with van der Waals surface area (Å²) in [6, 6.07) is 5.62. The van der Waals surface area contributed by atoms with Crippen LogP contribution in [0.1, 0.15) is 23.2 Å². The summed E-state index contributed by atoms with van der Waals surface area (Å²) in [5.41, 5.74) is 0.138. The third-order valence-corrected chi connectivity index (χ3v) is 8.23. The van der Waals surface area contributed by atoms with Gasteiger partial charge in [-0.1, -0.05) is 6.07 Å². The third kappa shape index (κ3) is 6.22. The van der Waals surface area contributed by atoms with Crippen LogP contribution in [0.5, 0.6) is 0 Å². The predicted octanol–water partition coefficient (Wildman–Crippen LogP) is -0.464. The van der Waals surface area contributed by atoms with Crippen LogP contribution >= 0.6 is 0 Å². The Kier molecular flexibility index (Phi) is 7.82. The van der Waals surface area contributed by atoms with Crippen molar-refractivity contribution in [1.82, 2.24) is 14.3 Å². The van der Waals surface area contributed by atoms with Gasteiger partial charge in [0.05, 0.1) is 30.0 Å². The van der Waals surface area contributed by atoms with E-state index in [0.29, 0.717) is 32.9 Å². The Morgan fingerprint density at radius 3 is 2.60 bits per heavy atom. The molecule has 1 aromatic carbocycles. The second kappa shape index (κ2) is 10.2. The van der Waals surface area contributed by atoms with Crippen LogP contribution in [0.15, 0.2) is 29.2 Å². The first-order chi connectivity index (χ1) is 14.3. The Bertz CT molecular complexity index is 938. The van der Waals surface area contributed by atoms with Crippen LogP contribution in [0.25, 0.3) is 0 Å². The number of carbonyl (C=O) groups is 1. The molecule has 2 aliphatic rings. The highest BCUT2D eigenvalue weighted by Gasteiger charge is 2.24. The average molecular weight is 462 g/mol. The van der Waals surface area contributed by atoms with Gasteiger partial charge in [0.1, 0.15) is 0 Å². The highest BCUT2D eigenvalue weighted by atomic mass is 32.2. The van der Waals surface area contributed by atoms with Crippen molar-refractivity contribution in [3.05, 3.63) is 29.8 Å². The number of hydrogen-bond acceptors (Lipinski definition) is 7. The number of ether oxygens (including phenoxy) is 2. The van der Waals surface area contributed by atoms with Crippen LogP contribution in [0.4, 0.5) is 0 Å². The molecule has 2 heterocycles. The number of morpholine rings is 1. The summed E-state index contributed by atoms with van der Waals surface area (Å²) in [6.45, 7) is 2.04. The van der Waals surface area contributed by atoms with Gasteiger partial charge in [-0.2, -0.15) is 4.31 Å². The van der Waals surface area contributed by atoms with Crippen molar-refractivity contribution in [2.75, 3.05) is 51.8 Å². The van der Waals surface area contributed by atoms with Crippen molar-refractivity contribution >= 4 is 26.0 Å². The molecule has 0 aromatic heterocycles. The minimum atomic E-state index is -3.79. The molecule has 10 nitrogen and oxygen atoms in total. The second-order valence-corrected chi connectivity index (χ2v) is 11.0. The summed E-state index contributed by atoms with van der Waals surface area (Å²) in [5, 5.41) is 2.54. The van der Waals surface area contributed by atoms with E-state index in [1.54, 1.807) is 0 Å². The van der Waals surface area contributed by atoms with Crippen molar-refractivity contribution < 1.29 is 31.1 Å². The number of nitrogens with zero attached hydrogens (tertiary/aromatic N) is 1. The summed E-state index contributed by atoms with van der Waals surface area (Å²) in [6.07, 6.45) is 1.57. The molecule has 3 rings (SSSR count). The molecular weight excluding hydrogens is 434 g/mol. The molecule has 2 fully saturated rings. The monoisotopic (exact) mass is 461 g/mol. The molecule has 1 aromatic rings. The molecule has 12 heteroatoms. The molecule has 0 bridgehead atoms.